The molecule has 8 nitrogen and oxygen atoms in total. The van der Waals surface area contributed by atoms with Crippen LogP contribution in [-0.2, 0) is 9.59 Å². The number of benzene rings is 1. The molecule has 1 heterocycles. The van der Waals surface area contributed by atoms with Gasteiger partial charge in [-0.1, -0.05) is 46.2 Å². The molecule has 0 saturated heterocycles. The van der Waals surface area contributed by atoms with E-state index in [2.05, 4.69) is 10.3 Å². The Kier molecular flexibility index (Phi) is 6.20. The number of carbonyl (C=O) groups is 2. The molecule has 0 aliphatic rings. The number of aromatic nitrogens is 2. The molecule has 1 amide bonds. The minimum absolute atomic E-state index is 0.289. The van der Waals surface area contributed by atoms with E-state index in [1.54, 1.807) is 45.0 Å². The minimum atomic E-state index is -1.17. The molecule has 1 aromatic heterocycles. The van der Waals surface area contributed by atoms with Crippen molar-refractivity contribution < 1.29 is 14.7 Å². The van der Waals surface area contributed by atoms with Crippen LogP contribution < -0.4 is 16.6 Å². The lowest BCUT2D eigenvalue weighted by atomic mass is 9.96. The van der Waals surface area contributed by atoms with Gasteiger partial charge in [0.1, 0.15) is 12.1 Å². The van der Waals surface area contributed by atoms with Gasteiger partial charge in [0.2, 0.25) is 5.91 Å². The number of carboxylic acid groups (broad SMARTS) is 1. The van der Waals surface area contributed by atoms with Crippen LogP contribution in [0.5, 0.6) is 0 Å². The fourth-order valence-corrected chi connectivity index (χ4v) is 3.03. The lowest BCUT2D eigenvalue weighted by Gasteiger charge is -2.26. The summed E-state index contributed by atoms with van der Waals surface area (Å²) in [6.45, 7) is 6.93. The zero-order valence-corrected chi connectivity index (χ0v) is 15.9. The van der Waals surface area contributed by atoms with Gasteiger partial charge in [0.15, 0.2) is 0 Å². The van der Waals surface area contributed by atoms with Crippen LogP contribution in [0.25, 0.3) is 10.9 Å². The highest BCUT2D eigenvalue weighted by atomic mass is 16.4. The molecular weight excluding hydrogens is 350 g/mol. The summed E-state index contributed by atoms with van der Waals surface area (Å²) in [5, 5.41) is 12.1. The monoisotopic (exact) mass is 375 g/mol. The number of amides is 1. The second kappa shape index (κ2) is 8.20. The van der Waals surface area contributed by atoms with Crippen molar-refractivity contribution in [3.8, 4) is 0 Å². The van der Waals surface area contributed by atoms with Crippen molar-refractivity contribution in [1.29, 1.82) is 0 Å². The Labute approximate surface area is 156 Å². The number of H-pyrrole nitrogens is 1. The fraction of sp³-hybridized carbons (Fsp3) is 0.474. The topological polar surface area (TPSA) is 121 Å². The minimum Gasteiger partial charge on any atom is -0.480 e. The quantitative estimate of drug-likeness (QED) is 0.677. The maximum absolute atomic E-state index is 12.9. The highest BCUT2D eigenvalue weighted by molar-refractivity contribution is 5.86. The zero-order chi connectivity index (χ0) is 20.3. The summed E-state index contributed by atoms with van der Waals surface area (Å²) in [7, 11) is 0. The van der Waals surface area contributed by atoms with Gasteiger partial charge in [-0.3, -0.25) is 9.59 Å². The van der Waals surface area contributed by atoms with Crippen LogP contribution in [0.2, 0.25) is 0 Å². The number of carbonyl (C=O) groups excluding carboxylic acids is 1. The van der Waals surface area contributed by atoms with Crippen LogP contribution in [-0.4, -0.2) is 32.6 Å². The van der Waals surface area contributed by atoms with Crippen molar-refractivity contribution in [2.45, 2.75) is 46.2 Å². The van der Waals surface area contributed by atoms with Gasteiger partial charge in [0.05, 0.1) is 10.9 Å². The first-order valence-electron chi connectivity index (χ1n) is 8.95. The van der Waals surface area contributed by atoms with E-state index in [0.29, 0.717) is 11.9 Å². The maximum atomic E-state index is 12.9. The number of aromatic amines is 1. The molecule has 0 bridgehead atoms. The summed E-state index contributed by atoms with van der Waals surface area (Å²) >= 11 is 0. The average molecular weight is 375 g/mol. The third-order valence-corrected chi connectivity index (χ3v) is 4.80. The summed E-state index contributed by atoms with van der Waals surface area (Å²) in [6, 6.07) is 4.32. The van der Waals surface area contributed by atoms with Gasteiger partial charge < -0.3 is 15.4 Å². The van der Waals surface area contributed by atoms with E-state index in [1.165, 1.54) is 0 Å². The number of aliphatic carboxylic acids is 1. The highest BCUT2D eigenvalue weighted by Crippen LogP contribution is 2.20. The molecule has 3 N–H and O–H groups in total. The molecule has 0 spiro atoms. The first kappa shape index (κ1) is 20.4. The first-order valence-corrected chi connectivity index (χ1v) is 8.95. The van der Waals surface area contributed by atoms with Crippen molar-refractivity contribution in [3.05, 3.63) is 45.1 Å². The zero-order valence-electron chi connectivity index (χ0n) is 15.9. The lowest BCUT2D eigenvalue weighted by Crippen LogP contribution is -2.52. The molecule has 27 heavy (non-hydrogen) atoms. The lowest BCUT2D eigenvalue weighted by molar-refractivity contribution is -0.144. The molecule has 0 aliphatic heterocycles. The van der Waals surface area contributed by atoms with Crippen LogP contribution in [0.1, 0.15) is 40.2 Å². The van der Waals surface area contributed by atoms with Gasteiger partial charge in [-0.2, -0.15) is 0 Å². The summed E-state index contributed by atoms with van der Waals surface area (Å²) in [4.78, 5) is 52.5. The Morgan fingerprint density at radius 1 is 1.19 bits per heavy atom. The Morgan fingerprint density at radius 3 is 2.37 bits per heavy atom. The third kappa shape index (κ3) is 4.10. The number of carboxylic acids is 1. The third-order valence-electron chi connectivity index (χ3n) is 4.80. The molecule has 8 heteroatoms. The molecule has 3 unspecified atom stereocenters. The normalized spacial score (nSPS) is 14.7. The molecule has 146 valence electrons. The predicted octanol–water partition coefficient (Wildman–Crippen LogP) is 1.50. The fourth-order valence-electron chi connectivity index (χ4n) is 3.03. The van der Waals surface area contributed by atoms with Crippen molar-refractivity contribution in [2.75, 3.05) is 0 Å². The number of hydrogen-bond donors (Lipinski definition) is 3. The van der Waals surface area contributed by atoms with Gasteiger partial charge >= 0.3 is 11.7 Å². The number of rotatable bonds is 7. The Hall–Kier alpha value is -2.90. The van der Waals surface area contributed by atoms with Crippen molar-refractivity contribution in [2.24, 2.45) is 11.8 Å². The Balaban J connectivity index is 2.60. The van der Waals surface area contributed by atoms with E-state index >= 15 is 0 Å². The highest BCUT2D eigenvalue weighted by Gasteiger charge is 2.33. The SMILES string of the molecule is CCC(C)C(C(=O)NC(C(=O)O)C(C)C)n1c(=O)[nH]c2ccccc2c1=O. The van der Waals surface area contributed by atoms with Gasteiger partial charge in [-0.25, -0.2) is 14.2 Å². The predicted molar refractivity (Wildman–Crippen MR) is 102 cm³/mol. The Morgan fingerprint density at radius 2 is 1.81 bits per heavy atom. The molecular formula is C19H25N3O5. The van der Waals surface area contributed by atoms with Crippen LogP contribution in [0.4, 0.5) is 0 Å². The molecule has 3 atom stereocenters. The molecule has 0 aliphatic carbocycles. The van der Waals surface area contributed by atoms with Crippen LogP contribution >= 0.6 is 0 Å². The number of nitrogens with one attached hydrogen (secondary N) is 2. The average Bonchev–Trinajstić information content (AvgIpc) is 2.61. The summed E-state index contributed by atoms with van der Waals surface area (Å²) in [6.07, 6.45) is 0.524. The first-order chi connectivity index (χ1) is 12.7. The largest absolute Gasteiger partial charge is 0.480 e. The smallest absolute Gasteiger partial charge is 0.329 e. The second-order valence-corrected chi connectivity index (χ2v) is 7.05. The van der Waals surface area contributed by atoms with E-state index in [9.17, 15) is 24.3 Å². The Bertz CT molecular complexity index is 960. The maximum Gasteiger partial charge on any atom is 0.329 e. The standard InChI is InChI=1S/C19H25N3O5/c1-5-11(4)15(16(23)21-14(10(2)3)18(25)26)22-17(24)12-8-6-7-9-13(12)20-19(22)27/h6-11,14-15H,5H2,1-4H3,(H,20,27)(H,21,23)(H,25,26). The molecule has 0 radical (unpaired) electrons. The molecule has 2 aromatic rings. The summed E-state index contributed by atoms with van der Waals surface area (Å²) < 4.78 is 0.894. The van der Waals surface area contributed by atoms with Crippen LogP contribution in [0.3, 0.4) is 0 Å². The van der Waals surface area contributed by atoms with Gasteiger partial charge in [-0.15, -0.1) is 0 Å². The van der Waals surface area contributed by atoms with E-state index in [0.717, 1.165) is 4.57 Å². The molecule has 1 aromatic carbocycles. The van der Waals surface area contributed by atoms with E-state index in [-0.39, 0.29) is 17.2 Å². The molecule has 0 fully saturated rings. The van der Waals surface area contributed by atoms with Gasteiger partial charge in [0.25, 0.3) is 5.56 Å². The van der Waals surface area contributed by atoms with E-state index < -0.39 is 35.2 Å². The molecule has 0 saturated carbocycles. The van der Waals surface area contributed by atoms with Crippen molar-refractivity contribution in [1.82, 2.24) is 14.9 Å². The van der Waals surface area contributed by atoms with Crippen LogP contribution in [0, 0.1) is 11.8 Å². The van der Waals surface area contributed by atoms with E-state index in [1.807, 2.05) is 6.92 Å². The number of hydrogen-bond acceptors (Lipinski definition) is 4. The number of nitrogens with zero attached hydrogens (tertiary/aromatic N) is 1. The molecule has 2 rings (SSSR count). The van der Waals surface area contributed by atoms with Gasteiger partial charge in [-0.05, 0) is 24.0 Å². The van der Waals surface area contributed by atoms with E-state index in [4.69, 9.17) is 0 Å². The van der Waals surface area contributed by atoms with Crippen molar-refractivity contribution >= 4 is 22.8 Å². The van der Waals surface area contributed by atoms with Crippen molar-refractivity contribution in [3.63, 3.8) is 0 Å². The summed E-state index contributed by atoms with van der Waals surface area (Å²) in [5.74, 6) is -2.53. The second-order valence-electron chi connectivity index (χ2n) is 7.05. The number of fused-ring (bicyclic) bond motifs is 1. The summed E-state index contributed by atoms with van der Waals surface area (Å²) in [5.41, 5.74) is -0.889. The van der Waals surface area contributed by atoms with Gasteiger partial charge in [0, 0.05) is 0 Å². The van der Waals surface area contributed by atoms with Crippen LogP contribution in [0.15, 0.2) is 33.9 Å². The number of para-hydroxylation sites is 1.